The van der Waals surface area contributed by atoms with E-state index < -0.39 is 5.41 Å². The molecular formula is C22H34N4O3. The van der Waals surface area contributed by atoms with Gasteiger partial charge in [-0.25, -0.2) is 4.79 Å². The van der Waals surface area contributed by atoms with Crippen molar-refractivity contribution in [2.24, 2.45) is 11.1 Å². The van der Waals surface area contributed by atoms with Gasteiger partial charge in [-0.3, -0.25) is 9.69 Å². The van der Waals surface area contributed by atoms with Crippen LogP contribution < -0.4 is 11.1 Å². The molecule has 0 spiro atoms. The molecule has 3 rings (SSSR count). The first kappa shape index (κ1) is 21.6. The second kappa shape index (κ2) is 9.59. The minimum Gasteiger partial charge on any atom is -0.385 e. The van der Waals surface area contributed by atoms with Gasteiger partial charge in [0.2, 0.25) is 5.91 Å². The third-order valence-corrected chi connectivity index (χ3v) is 6.57. The summed E-state index contributed by atoms with van der Waals surface area (Å²) in [6.45, 7) is 5.68. The zero-order valence-electron chi connectivity index (χ0n) is 17.7. The Balaban J connectivity index is 1.55. The summed E-state index contributed by atoms with van der Waals surface area (Å²) in [5.41, 5.74) is 7.23. The lowest BCUT2D eigenvalue weighted by atomic mass is 9.76. The Labute approximate surface area is 173 Å². The highest BCUT2D eigenvalue weighted by Gasteiger charge is 2.42. The van der Waals surface area contributed by atoms with Crippen molar-refractivity contribution in [1.29, 1.82) is 0 Å². The molecule has 1 aromatic rings. The molecule has 160 valence electrons. The molecule has 2 aliphatic heterocycles. The standard InChI is InChI=1S/C22H34N4O3/c1-17-6-3-4-7-19(17)24-21(28)25-13-8-18(9-14-25)26-12-5-10-22(16-26,20(23)27)11-15-29-2/h3-4,6-7,18H,5,8-16H2,1-2H3,(H2,23,27)(H,24,28). The number of piperidine rings is 2. The molecule has 2 aliphatic rings. The number of aryl methyl sites for hydroxylation is 1. The van der Waals surface area contributed by atoms with Crippen LogP contribution in [-0.2, 0) is 9.53 Å². The monoisotopic (exact) mass is 402 g/mol. The van der Waals surface area contributed by atoms with Gasteiger partial charge in [0.1, 0.15) is 0 Å². The number of benzene rings is 1. The first-order valence-electron chi connectivity index (χ1n) is 10.6. The Morgan fingerprint density at radius 1 is 1.24 bits per heavy atom. The predicted octanol–water partition coefficient (Wildman–Crippen LogP) is 2.60. The van der Waals surface area contributed by atoms with Gasteiger partial charge in [0.15, 0.2) is 0 Å². The Bertz CT molecular complexity index is 718. The Kier molecular flexibility index (Phi) is 7.14. The fourth-order valence-electron chi connectivity index (χ4n) is 4.65. The number of nitrogens with one attached hydrogen (secondary N) is 1. The van der Waals surface area contributed by atoms with Gasteiger partial charge in [0.05, 0.1) is 5.41 Å². The van der Waals surface area contributed by atoms with Crippen LogP contribution in [0.1, 0.15) is 37.7 Å². The van der Waals surface area contributed by atoms with E-state index in [1.54, 1.807) is 7.11 Å². The molecule has 1 aromatic carbocycles. The van der Waals surface area contributed by atoms with E-state index in [9.17, 15) is 9.59 Å². The third-order valence-electron chi connectivity index (χ3n) is 6.57. The Morgan fingerprint density at radius 3 is 2.62 bits per heavy atom. The Hall–Kier alpha value is -2.12. The topological polar surface area (TPSA) is 87.9 Å². The van der Waals surface area contributed by atoms with Gasteiger partial charge in [-0.05, 0) is 57.2 Å². The SMILES string of the molecule is COCCC1(C(N)=O)CCCN(C2CCN(C(=O)Nc3ccccc3C)CC2)C1. The fourth-order valence-corrected chi connectivity index (χ4v) is 4.65. The van der Waals surface area contributed by atoms with Crippen molar-refractivity contribution in [3.63, 3.8) is 0 Å². The maximum Gasteiger partial charge on any atom is 0.321 e. The molecule has 7 nitrogen and oxygen atoms in total. The molecule has 0 aliphatic carbocycles. The first-order chi connectivity index (χ1) is 13.9. The average molecular weight is 403 g/mol. The molecule has 2 saturated heterocycles. The number of rotatable bonds is 6. The van der Waals surface area contributed by atoms with Crippen LogP contribution in [0.3, 0.4) is 0 Å². The number of nitrogens with zero attached hydrogens (tertiary/aromatic N) is 2. The van der Waals surface area contributed by atoms with Gasteiger partial charge in [-0.15, -0.1) is 0 Å². The second-order valence-corrected chi connectivity index (χ2v) is 8.42. The largest absolute Gasteiger partial charge is 0.385 e. The summed E-state index contributed by atoms with van der Waals surface area (Å²) in [6.07, 6.45) is 4.31. The number of carbonyl (C=O) groups is 2. The van der Waals surface area contributed by atoms with Crippen molar-refractivity contribution < 1.29 is 14.3 Å². The maximum atomic E-state index is 12.6. The first-order valence-corrected chi connectivity index (χ1v) is 10.6. The van der Waals surface area contributed by atoms with E-state index in [1.165, 1.54) is 0 Å². The summed E-state index contributed by atoms with van der Waals surface area (Å²) in [6, 6.07) is 8.17. The third kappa shape index (κ3) is 5.08. The number of methoxy groups -OCH3 is 1. The molecule has 3 amide bonds. The molecule has 1 atom stereocenters. The van der Waals surface area contributed by atoms with Crippen LogP contribution in [0.4, 0.5) is 10.5 Å². The molecule has 1 unspecified atom stereocenters. The highest BCUT2D eigenvalue weighted by molar-refractivity contribution is 5.90. The van der Waals surface area contributed by atoms with E-state index >= 15 is 0 Å². The van der Waals surface area contributed by atoms with Crippen LogP contribution >= 0.6 is 0 Å². The quantitative estimate of drug-likeness (QED) is 0.766. The van der Waals surface area contributed by atoms with Crippen molar-refractivity contribution in [1.82, 2.24) is 9.80 Å². The van der Waals surface area contributed by atoms with Gasteiger partial charge in [-0.1, -0.05) is 18.2 Å². The molecule has 0 bridgehead atoms. The number of anilines is 1. The zero-order chi connectivity index (χ0) is 20.9. The van der Waals surface area contributed by atoms with Crippen LogP contribution in [-0.4, -0.2) is 67.7 Å². The summed E-state index contributed by atoms with van der Waals surface area (Å²) >= 11 is 0. The fraction of sp³-hybridized carbons (Fsp3) is 0.636. The number of hydrogen-bond donors (Lipinski definition) is 2. The summed E-state index contributed by atoms with van der Waals surface area (Å²) in [5, 5.41) is 3.02. The smallest absolute Gasteiger partial charge is 0.321 e. The van der Waals surface area contributed by atoms with Gasteiger partial charge >= 0.3 is 6.03 Å². The lowest BCUT2D eigenvalue weighted by Gasteiger charge is -2.46. The number of carbonyl (C=O) groups excluding carboxylic acids is 2. The number of amides is 3. The molecule has 3 N–H and O–H groups in total. The van der Waals surface area contributed by atoms with Crippen LogP contribution in [0.25, 0.3) is 0 Å². The number of primary amides is 1. The Morgan fingerprint density at radius 2 is 1.97 bits per heavy atom. The van der Waals surface area contributed by atoms with Gasteiger partial charge < -0.3 is 20.7 Å². The number of nitrogens with two attached hydrogens (primary N) is 1. The van der Waals surface area contributed by atoms with Crippen molar-refractivity contribution >= 4 is 17.6 Å². The number of para-hydroxylation sites is 1. The van der Waals surface area contributed by atoms with E-state index in [-0.39, 0.29) is 11.9 Å². The van der Waals surface area contributed by atoms with Crippen LogP contribution in [0.2, 0.25) is 0 Å². The predicted molar refractivity (Wildman–Crippen MR) is 114 cm³/mol. The summed E-state index contributed by atoms with van der Waals surface area (Å²) in [4.78, 5) is 29.2. The number of urea groups is 1. The molecule has 2 heterocycles. The average Bonchev–Trinajstić information content (AvgIpc) is 2.74. The highest BCUT2D eigenvalue weighted by atomic mass is 16.5. The molecule has 0 saturated carbocycles. The zero-order valence-corrected chi connectivity index (χ0v) is 17.7. The summed E-state index contributed by atoms with van der Waals surface area (Å²) in [5.74, 6) is -0.214. The van der Waals surface area contributed by atoms with Gasteiger partial charge in [0.25, 0.3) is 0 Å². The summed E-state index contributed by atoms with van der Waals surface area (Å²) < 4.78 is 5.22. The lowest BCUT2D eigenvalue weighted by Crippen LogP contribution is -2.56. The molecule has 7 heteroatoms. The van der Waals surface area contributed by atoms with E-state index in [0.29, 0.717) is 25.6 Å². The minimum absolute atomic E-state index is 0.0389. The van der Waals surface area contributed by atoms with Crippen LogP contribution in [0.15, 0.2) is 24.3 Å². The summed E-state index contributed by atoms with van der Waals surface area (Å²) in [7, 11) is 1.66. The molecule has 0 aromatic heterocycles. The van der Waals surface area contributed by atoms with Gasteiger partial charge in [-0.2, -0.15) is 0 Å². The van der Waals surface area contributed by atoms with E-state index in [2.05, 4.69) is 10.2 Å². The van der Waals surface area contributed by atoms with Crippen molar-refractivity contribution in [2.75, 3.05) is 45.2 Å². The van der Waals surface area contributed by atoms with Crippen molar-refractivity contribution in [2.45, 2.75) is 45.1 Å². The molecule has 0 radical (unpaired) electrons. The highest BCUT2D eigenvalue weighted by Crippen LogP contribution is 2.35. The van der Waals surface area contributed by atoms with Crippen LogP contribution in [0, 0.1) is 12.3 Å². The maximum absolute atomic E-state index is 12.6. The van der Waals surface area contributed by atoms with E-state index in [1.807, 2.05) is 36.1 Å². The number of likely N-dealkylation sites (tertiary alicyclic amines) is 2. The molecule has 29 heavy (non-hydrogen) atoms. The number of hydrogen-bond acceptors (Lipinski definition) is 4. The molecular weight excluding hydrogens is 368 g/mol. The van der Waals surface area contributed by atoms with Crippen LogP contribution in [0.5, 0.6) is 0 Å². The van der Waals surface area contributed by atoms with Crippen molar-refractivity contribution in [3.8, 4) is 0 Å². The van der Waals surface area contributed by atoms with E-state index in [0.717, 1.165) is 56.6 Å². The minimum atomic E-state index is -0.492. The second-order valence-electron chi connectivity index (χ2n) is 8.42. The van der Waals surface area contributed by atoms with Crippen molar-refractivity contribution in [3.05, 3.63) is 29.8 Å². The lowest BCUT2D eigenvalue weighted by molar-refractivity contribution is -0.133. The van der Waals surface area contributed by atoms with Gasteiger partial charge in [0, 0.05) is 45.1 Å². The normalized spacial score (nSPS) is 23.7. The number of ether oxygens (including phenoxy) is 1. The molecule has 2 fully saturated rings. The van der Waals surface area contributed by atoms with E-state index in [4.69, 9.17) is 10.5 Å².